The van der Waals surface area contributed by atoms with Gasteiger partial charge in [-0.25, -0.2) is 0 Å². The molecule has 1 N–H and O–H groups in total. The zero-order valence-electron chi connectivity index (χ0n) is 13.0. The molecule has 20 heavy (non-hydrogen) atoms. The quantitative estimate of drug-likeness (QED) is 0.693. The number of hydrogen-bond donors (Lipinski definition) is 1. The second kappa shape index (κ2) is 7.58. The van der Waals surface area contributed by atoms with Crippen LogP contribution in [-0.4, -0.2) is 36.1 Å². The molecular weight excluding hydrogens is 252 g/mol. The second-order valence-electron chi connectivity index (χ2n) is 6.72. The van der Waals surface area contributed by atoms with Crippen LogP contribution in [0.5, 0.6) is 0 Å². The Bertz CT molecular complexity index is 315. The number of aliphatic hydroxyl groups is 1. The van der Waals surface area contributed by atoms with E-state index in [1.54, 1.807) is 0 Å². The van der Waals surface area contributed by atoms with E-state index in [2.05, 4.69) is 13.5 Å². The first-order valence-electron chi connectivity index (χ1n) is 8.15. The van der Waals surface area contributed by atoms with Crippen LogP contribution in [0, 0.1) is 5.92 Å². The fourth-order valence-electron chi connectivity index (χ4n) is 3.25. The van der Waals surface area contributed by atoms with Gasteiger partial charge < -0.3 is 14.6 Å². The summed E-state index contributed by atoms with van der Waals surface area (Å²) in [5, 5.41) is 10.1. The summed E-state index contributed by atoms with van der Waals surface area (Å²) in [6.07, 6.45) is 8.10. The van der Waals surface area contributed by atoms with Crippen molar-refractivity contribution < 1.29 is 14.6 Å². The average Bonchev–Trinajstić information content (AvgIpc) is 2.81. The number of allylic oxidation sites excluding steroid dienone is 1. The minimum absolute atomic E-state index is 0.203. The zero-order valence-corrected chi connectivity index (χ0v) is 13.0. The molecule has 0 aromatic heterocycles. The van der Waals surface area contributed by atoms with Crippen molar-refractivity contribution in [1.29, 1.82) is 0 Å². The monoisotopic (exact) mass is 282 g/mol. The van der Waals surface area contributed by atoms with E-state index < -0.39 is 0 Å². The Hall–Kier alpha value is -0.380. The third kappa shape index (κ3) is 4.57. The molecule has 2 bridgehead atoms. The Morgan fingerprint density at radius 2 is 2.15 bits per heavy atom. The Kier molecular flexibility index (Phi) is 6.06. The molecule has 2 heterocycles. The Labute approximate surface area is 123 Å². The molecule has 0 amide bonds. The summed E-state index contributed by atoms with van der Waals surface area (Å²) in [7, 11) is 0. The molecular formula is C17H30O3. The summed E-state index contributed by atoms with van der Waals surface area (Å²) in [5.74, 6) is 0.357. The second-order valence-corrected chi connectivity index (χ2v) is 6.72. The summed E-state index contributed by atoms with van der Waals surface area (Å²) in [4.78, 5) is 0. The Morgan fingerprint density at radius 3 is 2.90 bits per heavy atom. The Morgan fingerprint density at radius 1 is 1.35 bits per heavy atom. The van der Waals surface area contributed by atoms with Crippen LogP contribution in [0.2, 0.25) is 0 Å². The van der Waals surface area contributed by atoms with E-state index in [0.29, 0.717) is 18.1 Å². The highest BCUT2D eigenvalue weighted by Crippen LogP contribution is 2.31. The van der Waals surface area contributed by atoms with E-state index in [9.17, 15) is 5.11 Å². The summed E-state index contributed by atoms with van der Waals surface area (Å²) < 4.78 is 11.8. The molecule has 116 valence electrons. The van der Waals surface area contributed by atoms with Crippen LogP contribution in [0.4, 0.5) is 0 Å². The molecule has 0 radical (unpaired) electrons. The van der Waals surface area contributed by atoms with Crippen LogP contribution in [0.1, 0.15) is 58.8 Å². The SMILES string of the molecule is C=C(C)CCC(O)C(C)CCCC1OCC2CCC1O2. The van der Waals surface area contributed by atoms with Gasteiger partial charge in [0.05, 0.1) is 31.0 Å². The summed E-state index contributed by atoms with van der Waals surface area (Å²) in [6.45, 7) is 8.83. The maximum absolute atomic E-state index is 10.1. The molecule has 5 atom stereocenters. The highest BCUT2D eigenvalue weighted by atomic mass is 16.6. The Balaban J connectivity index is 1.61. The molecule has 0 aliphatic carbocycles. The molecule has 2 rings (SSSR count). The number of fused-ring (bicyclic) bond motifs is 2. The largest absolute Gasteiger partial charge is 0.393 e. The van der Waals surface area contributed by atoms with Gasteiger partial charge in [-0.2, -0.15) is 0 Å². The predicted molar refractivity (Wildman–Crippen MR) is 80.7 cm³/mol. The van der Waals surface area contributed by atoms with Gasteiger partial charge in [0.15, 0.2) is 0 Å². The number of ether oxygens (including phenoxy) is 2. The molecule has 2 fully saturated rings. The third-order valence-corrected chi connectivity index (χ3v) is 4.72. The van der Waals surface area contributed by atoms with Crippen molar-refractivity contribution in [2.75, 3.05) is 6.61 Å². The van der Waals surface area contributed by atoms with Crippen LogP contribution in [-0.2, 0) is 9.47 Å². The van der Waals surface area contributed by atoms with E-state index in [4.69, 9.17) is 9.47 Å². The maximum atomic E-state index is 10.1. The number of aliphatic hydroxyl groups excluding tert-OH is 1. The molecule has 2 aliphatic rings. The van der Waals surface area contributed by atoms with Gasteiger partial charge in [0.2, 0.25) is 0 Å². The van der Waals surface area contributed by atoms with Crippen LogP contribution in [0.3, 0.4) is 0 Å². The van der Waals surface area contributed by atoms with Crippen LogP contribution in [0.25, 0.3) is 0 Å². The van der Waals surface area contributed by atoms with E-state index in [1.807, 2.05) is 6.92 Å². The van der Waals surface area contributed by atoms with Crippen molar-refractivity contribution in [3.05, 3.63) is 12.2 Å². The van der Waals surface area contributed by atoms with Gasteiger partial charge in [0.25, 0.3) is 0 Å². The van der Waals surface area contributed by atoms with E-state index in [-0.39, 0.29) is 12.2 Å². The van der Waals surface area contributed by atoms with Crippen molar-refractivity contribution in [1.82, 2.24) is 0 Å². The van der Waals surface area contributed by atoms with Gasteiger partial charge in [-0.3, -0.25) is 0 Å². The number of rotatable bonds is 8. The molecule has 2 aliphatic heterocycles. The number of hydrogen-bond acceptors (Lipinski definition) is 3. The highest BCUT2D eigenvalue weighted by molar-refractivity contribution is 4.89. The van der Waals surface area contributed by atoms with Gasteiger partial charge >= 0.3 is 0 Å². The van der Waals surface area contributed by atoms with Crippen molar-refractivity contribution in [2.45, 2.75) is 83.2 Å². The van der Waals surface area contributed by atoms with E-state index >= 15 is 0 Å². The highest BCUT2D eigenvalue weighted by Gasteiger charge is 2.37. The van der Waals surface area contributed by atoms with Crippen LogP contribution >= 0.6 is 0 Å². The topological polar surface area (TPSA) is 38.7 Å². The summed E-state index contributed by atoms with van der Waals surface area (Å²) in [6, 6.07) is 0. The van der Waals surface area contributed by atoms with Crippen LogP contribution in [0.15, 0.2) is 12.2 Å². The molecule has 0 aromatic carbocycles. The predicted octanol–water partition coefficient (Wildman–Crippen LogP) is 3.46. The van der Waals surface area contributed by atoms with E-state index in [0.717, 1.165) is 57.1 Å². The first-order valence-corrected chi connectivity index (χ1v) is 8.15. The van der Waals surface area contributed by atoms with Crippen LogP contribution < -0.4 is 0 Å². The smallest absolute Gasteiger partial charge is 0.0842 e. The van der Waals surface area contributed by atoms with Gasteiger partial charge in [0, 0.05) is 0 Å². The lowest BCUT2D eigenvalue weighted by atomic mass is 9.92. The third-order valence-electron chi connectivity index (χ3n) is 4.72. The lowest BCUT2D eigenvalue weighted by Crippen LogP contribution is -2.37. The molecule has 3 nitrogen and oxygen atoms in total. The minimum atomic E-state index is -0.203. The zero-order chi connectivity index (χ0) is 14.5. The van der Waals surface area contributed by atoms with Gasteiger partial charge in [-0.15, -0.1) is 6.58 Å². The molecule has 2 saturated heterocycles. The normalized spacial score (nSPS) is 32.0. The fourth-order valence-corrected chi connectivity index (χ4v) is 3.25. The van der Waals surface area contributed by atoms with Crippen molar-refractivity contribution >= 4 is 0 Å². The lowest BCUT2D eigenvalue weighted by molar-refractivity contribution is -0.148. The van der Waals surface area contributed by atoms with Crippen molar-refractivity contribution in [3.63, 3.8) is 0 Å². The summed E-state index contributed by atoms with van der Waals surface area (Å²) >= 11 is 0. The minimum Gasteiger partial charge on any atom is -0.393 e. The standard InChI is InChI=1S/C17H30O3/c1-12(2)7-9-15(18)13(3)5-4-6-16-17-10-8-14(20-17)11-19-16/h13-18H,1,4-11H2,2-3H3. The molecule has 5 unspecified atom stereocenters. The average molecular weight is 282 g/mol. The molecule has 0 spiro atoms. The molecule has 3 heteroatoms. The first-order chi connectivity index (χ1) is 9.56. The molecule has 0 saturated carbocycles. The van der Waals surface area contributed by atoms with Crippen molar-refractivity contribution in [3.8, 4) is 0 Å². The lowest BCUT2D eigenvalue weighted by Gasteiger charge is -2.30. The fraction of sp³-hybridized carbons (Fsp3) is 0.882. The van der Waals surface area contributed by atoms with E-state index in [1.165, 1.54) is 0 Å². The van der Waals surface area contributed by atoms with Crippen molar-refractivity contribution in [2.24, 2.45) is 5.92 Å². The van der Waals surface area contributed by atoms with Gasteiger partial charge in [-0.1, -0.05) is 18.9 Å². The first kappa shape index (κ1) is 16.0. The van der Waals surface area contributed by atoms with Gasteiger partial charge in [0.1, 0.15) is 0 Å². The maximum Gasteiger partial charge on any atom is 0.0842 e. The molecule has 0 aromatic rings. The summed E-state index contributed by atoms with van der Waals surface area (Å²) in [5.41, 5.74) is 1.15. The van der Waals surface area contributed by atoms with Gasteiger partial charge in [-0.05, 0) is 51.4 Å².